The minimum absolute atomic E-state index is 0.0807. The molecule has 0 aliphatic carbocycles. The monoisotopic (exact) mass is 491 g/mol. The number of aromatic hydroxyl groups is 1. The van der Waals surface area contributed by atoms with Crippen molar-refractivity contribution in [3.8, 4) is 5.75 Å². The van der Waals surface area contributed by atoms with Crippen LogP contribution < -0.4 is 10.6 Å². The zero-order valence-corrected chi connectivity index (χ0v) is 23.1. The van der Waals surface area contributed by atoms with Crippen LogP contribution in [0, 0.1) is 5.92 Å². The Morgan fingerprint density at radius 3 is 2.03 bits per heavy atom. The molecule has 1 aromatic carbocycles. The van der Waals surface area contributed by atoms with Gasteiger partial charge in [0.1, 0.15) is 23.4 Å². The van der Waals surface area contributed by atoms with Gasteiger partial charge in [-0.15, -0.1) is 0 Å². The molecule has 0 fully saturated rings. The van der Waals surface area contributed by atoms with Crippen LogP contribution in [-0.4, -0.2) is 51.1 Å². The lowest BCUT2D eigenvalue weighted by Gasteiger charge is -2.40. The van der Waals surface area contributed by atoms with Crippen molar-refractivity contribution in [3.63, 3.8) is 0 Å². The number of hydrogen-bond donors (Lipinski definition) is 3. The molecule has 0 bridgehead atoms. The highest BCUT2D eigenvalue weighted by atomic mass is 16.6. The lowest BCUT2D eigenvalue weighted by molar-refractivity contribution is -0.146. The van der Waals surface area contributed by atoms with Gasteiger partial charge in [-0.1, -0.05) is 45.4 Å². The van der Waals surface area contributed by atoms with E-state index in [1.54, 1.807) is 39.0 Å². The van der Waals surface area contributed by atoms with E-state index in [0.29, 0.717) is 18.4 Å². The van der Waals surface area contributed by atoms with Crippen molar-refractivity contribution in [3.05, 3.63) is 29.8 Å². The summed E-state index contributed by atoms with van der Waals surface area (Å²) in [6, 6.07) is 4.16. The molecule has 4 unspecified atom stereocenters. The molecule has 8 heteroatoms. The SMILES string of the molecule is CCC(C)C(NC(=O)OC(C)(C)C)C(=O)N(C(C)CC)C(C(=O)NC(C)(C)C)c1ccccc1O. The molecule has 4 atom stereocenters. The summed E-state index contributed by atoms with van der Waals surface area (Å²) < 4.78 is 5.42. The number of benzene rings is 1. The summed E-state index contributed by atoms with van der Waals surface area (Å²) in [5.74, 6) is -1.12. The normalized spacial score (nSPS) is 15.4. The molecule has 0 heterocycles. The zero-order chi connectivity index (χ0) is 27.1. The molecule has 3 N–H and O–H groups in total. The Kier molecular flexibility index (Phi) is 10.6. The summed E-state index contributed by atoms with van der Waals surface area (Å²) in [5, 5.41) is 16.4. The molecule has 0 saturated carbocycles. The van der Waals surface area contributed by atoms with Crippen LogP contribution in [0.1, 0.15) is 93.7 Å². The number of para-hydroxylation sites is 1. The molecule has 0 aromatic heterocycles. The lowest BCUT2D eigenvalue weighted by atomic mass is 9.93. The highest BCUT2D eigenvalue weighted by molar-refractivity contribution is 5.93. The van der Waals surface area contributed by atoms with E-state index in [4.69, 9.17) is 4.74 Å². The second kappa shape index (κ2) is 12.3. The van der Waals surface area contributed by atoms with Crippen LogP contribution in [0.25, 0.3) is 0 Å². The molecule has 3 amide bonds. The van der Waals surface area contributed by atoms with Crippen LogP contribution in [0.5, 0.6) is 5.75 Å². The predicted octanol–water partition coefficient (Wildman–Crippen LogP) is 4.91. The maximum absolute atomic E-state index is 14.1. The zero-order valence-electron chi connectivity index (χ0n) is 23.1. The molecule has 1 aromatic rings. The van der Waals surface area contributed by atoms with Crippen molar-refractivity contribution in [2.24, 2.45) is 5.92 Å². The number of alkyl carbamates (subject to hydrolysis) is 1. The van der Waals surface area contributed by atoms with Crippen LogP contribution in [0.2, 0.25) is 0 Å². The molecule has 0 aliphatic heterocycles. The largest absolute Gasteiger partial charge is 0.508 e. The molecule has 1 rings (SSSR count). The molecule has 0 aliphatic rings. The summed E-state index contributed by atoms with van der Waals surface area (Å²) in [4.78, 5) is 41.9. The number of ether oxygens (including phenoxy) is 1. The van der Waals surface area contributed by atoms with Crippen molar-refractivity contribution < 1.29 is 24.2 Å². The smallest absolute Gasteiger partial charge is 0.408 e. The van der Waals surface area contributed by atoms with Crippen molar-refractivity contribution >= 4 is 17.9 Å². The average molecular weight is 492 g/mol. The van der Waals surface area contributed by atoms with Gasteiger partial charge < -0.3 is 25.4 Å². The Labute approximate surface area is 210 Å². The minimum atomic E-state index is -1.09. The highest BCUT2D eigenvalue weighted by Gasteiger charge is 2.41. The number of phenols is 1. The molecular weight excluding hydrogens is 446 g/mol. The third-order valence-corrected chi connectivity index (χ3v) is 5.73. The Morgan fingerprint density at radius 2 is 1.57 bits per heavy atom. The molecule has 35 heavy (non-hydrogen) atoms. The first-order chi connectivity index (χ1) is 16.0. The van der Waals surface area contributed by atoms with Crippen molar-refractivity contribution in [2.75, 3.05) is 0 Å². The molecule has 0 spiro atoms. The second-order valence-electron chi connectivity index (χ2n) is 11.2. The third-order valence-electron chi connectivity index (χ3n) is 5.73. The minimum Gasteiger partial charge on any atom is -0.508 e. The van der Waals surface area contributed by atoms with Gasteiger partial charge in [0.15, 0.2) is 0 Å². The van der Waals surface area contributed by atoms with Gasteiger partial charge in [0, 0.05) is 17.1 Å². The number of hydrogen-bond acceptors (Lipinski definition) is 5. The van der Waals surface area contributed by atoms with Gasteiger partial charge in [-0.25, -0.2) is 4.79 Å². The topological polar surface area (TPSA) is 108 Å². The van der Waals surface area contributed by atoms with E-state index in [-0.39, 0.29) is 17.7 Å². The van der Waals surface area contributed by atoms with E-state index in [0.717, 1.165) is 0 Å². The highest BCUT2D eigenvalue weighted by Crippen LogP contribution is 2.33. The van der Waals surface area contributed by atoms with E-state index in [1.165, 1.54) is 11.0 Å². The maximum Gasteiger partial charge on any atom is 0.408 e. The molecule has 198 valence electrons. The first-order valence-electron chi connectivity index (χ1n) is 12.4. The van der Waals surface area contributed by atoms with E-state index in [1.807, 2.05) is 48.5 Å². The molecule has 0 saturated heterocycles. The number of nitrogens with one attached hydrogen (secondary N) is 2. The Balaban J connectivity index is 3.61. The van der Waals surface area contributed by atoms with Crippen molar-refractivity contribution in [2.45, 2.75) is 111 Å². The summed E-state index contributed by atoms with van der Waals surface area (Å²) in [7, 11) is 0. The summed E-state index contributed by atoms with van der Waals surface area (Å²) >= 11 is 0. The number of rotatable bonds is 9. The van der Waals surface area contributed by atoms with E-state index >= 15 is 0 Å². The van der Waals surface area contributed by atoms with E-state index in [2.05, 4.69) is 10.6 Å². The van der Waals surface area contributed by atoms with Gasteiger partial charge in [-0.2, -0.15) is 0 Å². The van der Waals surface area contributed by atoms with Gasteiger partial charge in [-0.3, -0.25) is 9.59 Å². The number of carbonyl (C=O) groups excluding carboxylic acids is 3. The van der Waals surface area contributed by atoms with Crippen molar-refractivity contribution in [1.29, 1.82) is 0 Å². The third kappa shape index (κ3) is 9.07. The molecule has 8 nitrogen and oxygen atoms in total. The fourth-order valence-electron chi connectivity index (χ4n) is 3.65. The van der Waals surface area contributed by atoms with E-state index in [9.17, 15) is 19.5 Å². The summed E-state index contributed by atoms with van der Waals surface area (Å²) in [6.45, 7) is 18.4. The van der Waals surface area contributed by atoms with Gasteiger partial charge in [0.05, 0.1) is 0 Å². The van der Waals surface area contributed by atoms with Gasteiger partial charge in [-0.05, 0) is 66.9 Å². The summed E-state index contributed by atoms with van der Waals surface area (Å²) in [5.41, 5.74) is -0.966. The first kappa shape index (κ1) is 30.3. The number of amides is 3. The molecule has 0 radical (unpaired) electrons. The maximum atomic E-state index is 14.1. The fraction of sp³-hybridized carbons (Fsp3) is 0.667. The summed E-state index contributed by atoms with van der Waals surface area (Å²) in [6.07, 6.45) is 0.493. The predicted molar refractivity (Wildman–Crippen MR) is 138 cm³/mol. The average Bonchev–Trinajstić information content (AvgIpc) is 2.72. The van der Waals surface area contributed by atoms with Crippen LogP contribution in [0.15, 0.2) is 24.3 Å². The molecular formula is C27H45N3O5. The Hall–Kier alpha value is -2.77. The number of phenolic OH excluding ortho intramolecular Hbond substituents is 1. The Bertz CT molecular complexity index is 872. The van der Waals surface area contributed by atoms with Crippen LogP contribution in [0.3, 0.4) is 0 Å². The standard InChI is InChI=1S/C27H45N3O5/c1-11-17(3)21(28-25(34)35-27(8,9)10)24(33)30(18(4)12-2)22(23(32)29-26(5,6)7)19-15-13-14-16-20(19)31/h13-18,21-22,31H,11-12H2,1-10H3,(H,28,34)(H,29,32). The quantitative estimate of drug-likeness (QED) is 0.455. The van der Waals surface area contributed by atoms with E-state index < -0.39 is 41.1 Å². The Morgan fingerprint density at radius 1 is 1.00 bits per heavy atom. The van der Waals surface area contributed by atoms with Crippen LogP contribution in [0.4, 0.5) is 4.79 Å². The number of carbonyl (C=O) groups is 3. The lowest BCUT2D eigenvalue weighted by Crippen LogP contribution is -2.58. The number of nitrogens with zero attached hydrogens (tertiary/aromatic N) is 1. The van der Waals surface area contributed by atoms with Gasteiger partial charge in [0.25, 0.3) is 0 Å². The second-order valence-corrected chi connectivity index (χ2v) is 11.2. The van der Waals surface area contributed by atoms with Gasteiger partial charge in [0.2, 0.25) is 11.8 Å². The van der Waals surface area contributed by atoms with Crippen molar-refractivity contribution in [1.82, 2.24) is 15.5 Å². The first-order valence-corrected chi connectivity index (χ1v) is 12.4. The van der Waals surface area contributed by atoms with Crippen LogP contribution in [-0.2, 0) is 14.3 Å². The van der Waals surface area contributed by atoms with Gasteiger partial charge >= 0.3 is 6.09 Å². The van der Waals surface area contributed by atoms with Crippen LogP contribution >= 0.6 is 0 Å². The fourth-order valence-corrected chi connectivity index (χ4v) is 3.65.